The maximum Gasteiger partial charge on any atom is 0.356 e. The van der Waals surface area contributed by atoms with Gasteiger partial charge in [0.1, 0.15) is 0 Å². The molecule has 0 spiro atoms. The Morgan fingerprint density at radius 1 is 1.50 bits per heavy atom. The fraction of sp³-hybridized carbons (Fsp3) is 0.500. The molecule has 1 aromatic rings. The maximum absolute atomic E-state index is 11.6. The summed E-state index contributed by atoms with van der Waals surface area (Å²) in [5.41, 5.74) is -0.208. The van der Waals surface area contributed by atoms with Crippen LogP contribution in [0.3, 0.4) is 0 Å². The molecule has 0 saturated carbocycles. The number of nitrogens with zero attached hydrogens (tertiary/aromatic N) is 2. The number of aromatic nitrogens is 2. The standard InChI is InChI=1S/C12H17N3O5/c1-3-20-11(18)8(2)4-6-13-12(19)15-7-5-9(14-15)10(16)17/h5,7-8H,3-4,6H2,1-2H3,(H,13,19)(H,16,17)/t8-/m1/s1. The number of carboxylic acid groups (broad SMARTS) is 1. The van der Waals surface area contributed by atoms with Crippen LogP contribution < -0.4 is 5.32 Å². The third kappa shape index (κ3) is 4.38. The predicted molar refractivity (Wildman–Crippen MR) is 68.4 cm³/mol. The largest absolute Gasteiger partial charge is 0.476 e. The molecule has 0 aromatic carbocycles. The van der Waals surface area contributed by atoms with Crippen molar-refractivity contribution in [3.8, 4) is 0 Å². The first-order valence-corrected chi connectivity index (χ1v) is 6.19. The molecular weight excluding hydrogens is 266 g/mol. The lowest BCUT2D eigenvalue weighted by atomic mass is 10.1. The van der Waals surface area contributed by atoms with Crippen LogP contribution in [0.15, 0.2) is 12.3 Å². The molecule has 0 fully saturated rings. The molecule has 0 aliphatic rings. The van der Waals surface area contributed by atoms with Crippen LogP contribution in [0, 0.1) is 5.92 Å². The molecular formula is C12H17N3O5. The smallest absolute Gasteiger partial charge is 0.356 e. The summed E-state index contributed by atoms with van der Waals surface area (Å²) in [5.74, 6) is -1.83. The first-order valence-electron chi connectivity index (χ1n) is 6.19. The molecule has 0 saturated heterocycles. The van der Waals surface area contributed by atoms with Gasteiger partial charge in [-0.15, -0.1) is 0 Å². The molecule has 20 heavy (non-hydrogen) atoms. The fourth-order valence-electron chi connectivity index (χ4n) is 1.43. The van der Waals surface area contributed by atoms with Gasteiger partial charge in [0.15, 0.2) is 5.69 Å². The Balaban J connectivity index is 2.39. The highest BCUT2D eigenvalue weighted by Gasteiger charge is 2.15. The predicted octanol–water partition coefficient (Wildman–Crippen LogP) is 0.728. The number of hydrogen-bond donors (Lipinski definition) is 2. The molecule has 8 nitrogen and oxygen atoms in total. The number of amides is 1. The van der Waals surface area contributed by atoms with Crippen molar-refractivity contribution in [1.29, 1.82) is 0 Å². The van der Waals surface area contributed by atoms with E-state index in [2.05, 4.69) is 10.4 Å². The maximum atomic E-state index is 11.6. The highest BCUT2D eigenvalue weighted by Crippen LogP contribution is 2.03. The van der Waals surface area contributed by atoms with E-state index in [1.807, 2.05) is 0 Å². The first-order chi connectivity index (χ1) is 9.45. The van der Waals surface area contributed by atoms with E-state index in [9.17, 15) is 14.4 Å². The lowest BCUT2D eigenvalue weighted by Crippen LogP contribution is -2.31. The third-order valence-corrected chi connectivity index (χ3v) is 2.56. The Labute approximate surface area is 115 Å². The van der Waals surface area contributed by atoms with Gasteiger partial charge in [-0.25, -0.2) is 9.59 Å². The Morgan fingerprint density at radius 3 is 2.75 bits per heavy atom. The third-order valence-electron chi connectivity index (χ3n) is 2.56. The van der Waals surface area contributed by atoms with Crippen molar-refractivity contribution in [2.24, 2.45) is 5.92 Å². The summed E-state index contributed by atoms with van der Waals surface area (Å²) in [5, 5.41) is 14.8. The molecule has 8 heteroatoms. The van der Waals surface area contributed by atoms with E-state index in [1.54, 1.807) is 13.8 Å². The molecule has 0 bridgehead atoms. The molecule has 0 aliphatic heterocycles. The summed E-state index contributed by atoms with van der Waals surface area (Å²) in [6, 6.07) is 0.678. The van der Waals surface area contributed by atoms with Crippen molar-refractivity contribution in [2.45, 2.75) is 20.3 Å². The zero-order chi connectivity index (χ0) is 15.1. The molecule has 1 rings (SSSR count). The average molecular weight is 283 g/mol. The zero-order valence-corrected chi connectivity index (χ0v) is 11.3. The second-order valence-electron chi connectivity index (χ2n) is 4.12. The topological polar surface area (TPSA) is 111 Å². The number of nitrogens with one attached hydrogen (secondary N) is 1. The van der Waals surface area contributed by atoms with Gasteiger partial charge >= 0.3 is 18.0 Å². The molecule has 1 aromatic heterocycles. The molecule has 110 valence electrons. The van der Waals surface area contributed by atoms with Crippen molar-refractivity contribution < 1.29 is 24.2 Å². The van der Waals surface area contributed by atoms with E-state index in [-0.39, 0.29) is 24.1 Å². The van der Waals surface area contributed by atoms with Crippen LogP contribution >= 0.6 is 0 Å². The number of rotatable bonds is 6. The lowest BCUT2D eigenvalue weighted by Gasteiger charge is -2.10. The minimum absolute atomic E-state index is 0.208. The monoisotopic (exact) mass is 283 g/mol. The number of ether oxygens (including phenoxy) is 1. The van der Waals surface area contributed by atoms with Crippen molar-refractivity contribution in [3.05, 3.63) is 18.0 Å². The van der Waals surface area contributed by atoms with Crippen LogP contribution in [0.2, 0.25) is 0 Å². The van der Waals surface area contributed by atoms with Gasteiger partial charge in [-0.2, -0.15) is 9.78 Å². The van der Waals surface area contributed by atoms with Crippen molar-refractivity contribution >= 4 is 18.0 Å². The molecule has 2 N–H and O–H groups in total. The Bertz CT molecular complexity index is 497. The molecule has 1 amide bonds. The minimum atomic E-state index is -1.20. The number of carbonyl (C=O) groups is 3. The van der Waals surface area contributed by atoms with E-state index >= 15 is 0 Å². The Hall–Kier alpha value is -2.38. The van der Waals surface area contributed by atoms with Gasteiger partial charge in [-0.05, 0) is 19.4 Å². The van der Waals surface area contributed by atoms with Crippen LogP contribution in [-0.2, 0) is 9.53 Å². The normalized spacial score (nSPS) is 11.7. The Morgan fingerprint density at radius 2 is 2.20 bits per heavy atom. The number of hydrogen-bond acceptors (Lipinski definition) is 5. The second kappa shape index (κ2) is 7.27. The highest BCUT2D eigenvalue weighted by atomic mass is 16.5. The van der Waals surface area contributed by atoms with E-state index < -0.39 is 12.0 Å². The van der Waals surface area contributed by atoms with Gasteiger partial charge in [-0.3, -0.25) is 4.79 Å². The molecule has 0 radical (unpaired) electrons. The van der Waals surface area contributed by atoms with Gasteiger partial charge in [0.05, 0.1) is 12.5 Å². The molecule has 1 heterocycles. The summed E-state index contributed by atoms with van der Waals surface area (Å²) in [6.45, 7) is 4.02. The average Bonchev–Trinajstić information content (AvgIpc) is 2.88. The fourth-order valence-corrected chi connectivity index (χ4v) is 1.43. The van der Waals surface area contributed by atoms with Crippen LogP contribution in [0.1, 0.15) is 30.8 Å². The SMILES string of the molecule is CCOC(=O)[C@H](C)CCNC(=O)n1ccc(C(=O)O)n1. The lowest BCUT2D eigenvalue weighted by molar-refractivity contribution is -0.147. The van der Waals surface area contributed by atoms with Crippen LogP contribution in [-0.4, -0.2) is 46.0 Å². The van der Waals surface area contributed by atoms with Gasteiger partial charge in [-0.1, -0.05) is 6.92 Å². The summed E-state index contributed by atoms with van der Waals surface area (Å²) in [4.78, 5) is 33.6. The van der Waals surface area contributed by atoms with Crippen molar-refractivity contribution in [2.75, 3.05) is 13.2 Å². The molecule has 0 unspecified atom stereocenters. The molecule has 0 aliphatic carbocycles. The first kappa shape index (κ1) is 15.7. The number of aromatic carboxylic acids is 1. The summed E-state index contributed by atoms with van der Waals surface area (Å²) >= 11 is 0. The van der Waals surface area contributed by atoms with Crippen molar-refractivity contribution in [1.82, 2.24) is 15.1 Å². The van der Waals surface area contributed by atoms with E-state index in [0.29, 0.717) is 13.0 Å². The van der Waals surface area contributed by atoms with Gasteiger partial charge in [0.25, 0.3) is 0 Å². The number of esters is 1. The van der Waals surface area contributed by atoms with Gasteiger partial charge in [0, 0.05) is 12.7 Å². The minimum Gasteiger partial charge on any atom is -0.476 e. The van der Waals surface area contributed by atoms with Crippen molar-refractivity contribution in [3.63, 3.8) is 0 Å². The van der Waals surface area contributed by atoms with E-state index in [4.69, 9.17) is 9.84 Å². The van der Waals surface area contributed by atoms with Crippen LogP contribution in [0.25, 0.3) is 0 Å². The summed E-state index contributed by atoms with van der Waals surface area (Å²) in [7, 11) is 0. The summed E-state index contributed by atoms with van der Waals surface area (Å²) < 4.78 is 5.74. The van der Waals surface area contributed by atoms with E-state index in [1.165, 1.54) is 12.3 Å². The van der Waals surface area contributed by atoms with E-state index in [0.717, 1.165) is 4.68 Å². The Kier molecular flexibility index (Phi) is 5.70. The van der Waals surface area contributed by atoms with Gasteiger partial charge in [0.2, 0.25) is 0 Å². The zero-order valence-electron chi connectivity index (χ0n) is 11.3. The highest BCUT2D eigenvalue weighted by molar-refractivity contribution is 5.86. The second-order valence-corrected chi connectivity index (χ2v) is 4.12. The van der Waals surface area contributed by atoms with Crippen LogP contribution in [0.5, 0.6) is 0 Å². The number of carbonyl (C=O) groups excluding carboxylic acids is 2. The molecule has 1 atom stereocenters. The summed E-state index contributed by atoms with van der Waals surface area (Å²) in [6.07, 6.45) is 1.69. The van der Waals surface area contributed by atoms with Crippen LogP contribution in [0.4, 0.5) is 4.79 Å². The number of carboxylic acids is 1. The quantitative estimate of drug-likeness (QED) is 0.744. The van der Waals surface area contributed by atoms with Gasteiger partial charge < -0.3 is 15.2 Å².